The minimum absolute atomic E-state index is 0.207. The van der Waals surface area contributed by atoms with Crippen molar-refractivity contribution in [2.75, 3.05) is 18.0 Å². The molecule has 3 heterocycles. The van der Waals surface area contributed by atoms with Crippen molar-refractivity contribution in [2.45, 2.75) is 33.0 Å². The molecule has 0 unspecified atom stereocenters. The Hall–Kier alpha value is -1.98. The molecule has 0 radical (unpaired) electrons. The largest absolute Gasteiger partial charge is 0.372 e. The molecule has 4 nitrogen and oxygen atoms in total. The number of ether oxygens (including phenoxy) is 1. The zero-order chi connectivity index (χ0) is 16.7. The number of fused-ring (bicyclic) bond motifs is 1. The van der Waals surface area contributed by atoms with Gasteiger partial charge in [-0.25, -0.2) is 9.97 Å². The molecule has 2 atom stereocenters. The van der Waals surface area contributed by atoms with Gasteiger partial charge in [-0.15, -0.1) is 11.3 Å². The molecule has 3 aromatic rings. The number of rotatable bonds is 2. The lowest BCUT2D eigenvalue weighted by molar-refractivity contribution is -0.00537. The molecule has 1 fully saturated rings. The van der Waals surface area contributed by atoms with E-state index in [1.807, 2.05) is 0 Å². The zero-order valence-electron chi connectivity index (χ0n) is 14.2. The summed E-state index contributed by atoms with van der Waals surface area (Å²) in [4.78, 5) is 13.9. The summed E-state index contributed by atoms with van der Waals surface area (Å²) in [6, 6.07) is 10.5. The Balaban J connectivity index is 1.91. The smallest absolute Gasteiger partial charge is 0.141 e. The van der Waals surface area contributed by atoms with Crippen LogP contribution in [0, 0.1) is 6.92 Å². The van der Waals surface area contributed by atoms with Crippen molar-refractivity contribution in [1.82, 2.24) is 9.97 Å². The second kappa shape index (κ2) is 6.15. The molecule has 1 aliphatic heterocycles. The van der Waals surface area contributed by atoms with E-state index >= 15 is 0 Å². The van der Waals surface area contributed by atoms with Crippen LogP contribution in [0.15, 0.2) is 36.7 Å². The van der Waals surface area contributed by atoms with Crippen LogP contribution >= 0.6 is 11.3 Å². The highest BCUT2D eigenvalue weighted by Gasteiger charge is 2.26. The number of hydrogen-bond acceptors (Lipinski definition) is 5. The van der Waals surface area contributed by atoms with E-state index < -0.39 is 0 Å². The van der Waals surface area contributed by atoms with Gasteiger partial charge in [0.1, 0.15) is 17.0 Å². The van der Waals surface area contributed by atoms with Crippen LogP contribution < -0.4 is 4.90 Å². The van der Waals surface area contributed by atoms with E-state index in [0.717, 1.165) is 23.7 Å². The SMILES string of the molecule is Cc1sc2ncnc(N3C[C@@H](C)O[C@H](C)C3)c2c1-c1ccccc1. The Kier molecular flexibility index (Phi) is 3.98. The van der Waals surface area contributed by atoms with Crippen LogP contribution in [0.1, 0.15) is 18.7 Å². The molecular weight excluding hydrogens is 318 g/mol. The minimum Gasteiger partial charge on any atom is -0.372 e. The molecular formula is C19H21N3OS. The predicted octanol–water partition coefficient (Wildman–Crippen LogP) is 4.28. The predicted molar refractivity (Wildman–Crippen MR) is 99.8 cm³/mol. The number of aromatic nitrogens is 2. The number of morpholine rings is 1. The summed E-state index contributed by atoms with van der Waals surface area (Å²) in [7, 11) is 0. The molecule has 0 bridgehead atoms. The van der Waals surface area contributed by atoms with E-state index in [9.17, 15) is 0 Å². The molecule has 4 rings (SSSR count). The number of thiophene rings is 1. The second-order valence-electron chi connectivity index (χ2n) is 6.44. The maximum atomic E-state index is 5.89. The van der Waals surface area contributed by atoms with Gasteiger partial charge in [-0.05, 0) is 26.3 Å². The number of benzene rings is 1. The summed E-state index contributed by atoms with van der Waals surface area (Å²) in [5.74, 6) is 1.03. The molecule has 5 heteroatoms. The zero-order valence-corrected chi connectivity index (χ0v) is 15.0. The van der Waals surface area contributed by atoms with E-state index in [0.29, 0.717) is 0 Å². The quantitative estimate of drug-likeness (QED) is 0.698. The Morgan fingerprint density at radius 2 is 1.79 bits per heavy atom. The fraction of sp³-hybridized carbons (Fsp3) is 0.368. The van der Waals surface area contributed by atoms with E-state index in [2.05, 4.69) is 66.0 Å². The fourth-order valence-corrected chi connectivity index (χ4v) is 4.58. The van der Waals surface area contributed by atoms with Gasteiger partial charge in [0, 0.05) is 23.5 Å². The van der Waals surface area contributed by atoms with Gasteiger partial charge < -0.3 is 9.64 Å². The Labute approximate surface area is 146 Å². The molecule has 2 aromatic heterocycles. The molecule has 1 saturated heterocycles. The van der Waals surface area contributed by atoms with Crippen LogP contribution in [0.25, 0.3) is 21.3 Å². The molecule has 0 saturated carbocycles. The standard InChI is InChI=1S/C19H21N3OS/c1-12-9-22(10-13(2)23-12)18-17-16(15-7-5-4-6-8-15)14(3)24-19(17)21-11-20-18/h4-8,11-13H,9-10H2,1-3H3/t12-,13-/m1/s1. The van der Waals surface area contributed by atoms with Crippen molar-refractivity contribution in [3.05, 3.63) is 41.5 Å². The molecule has 0 aliphatic carbocycles. The van der Waals surface area contributed by atoms with E-state index in [-0.39, 0.29) is 12.2 Å². The summed E-state index contributed by atoms with van der Waals surface area (Å²) < 4.78 is 5.89. The van der Waals surface area contributed by atoms with Crippen LogP contribution in [0.3, 0.4) is 0 Å². The van der Waals surface area contributed by atoms with Gasteiger partial charge in [0.05, 0.1) is 17.6 Å². The van der Waals surface area contributed by atoms with Crippen molar-refractivity contribution < 1.29 is 4.74 Å². The van der Waals surface area contributed by atoms with Crippen LogP contribution in [0.2, 0.25) is 0 Å². The minimum atomic E-state index is 0.207. The van der Waals surface area contributed by atoms with Gasteiger partial charge in [0.15, 0.2) is 0 Å². The monoisotopic (exact) mass is 339 g/mol. The van der Waals surface area contributed by atoms with Gasteiger partial charge in [-0.1, -0.05) is 30.3 Å². The first-order valence-corrected chi connectivity index (χ1v) is 9.15. The van der Waals surface area contributed by atoms with Crippen LogP contribution in [-0.2, 0) is 4.74 Å². The highest BCUT2D eigenvalue weighted by atomic mass is 32.1. The second-order valence-corrected chi connectivity index (χ2v) is 7.64. The van der Waals surface area contributed by atoms with Crippen molar-refractivity contribution in [3.8, 4) is 11.1 Å². The number of anilines is 1. The van der Waals surface area contributed by atoms with Crippen LogP contribution in [-0.4, -0.2) is 35.3 Å². The highest BCUT2D eigenvalue weighted by Crippen LogP contribution is 2.41. The molecule has 1 aromatic carbocycles. The molecule has 0 spiro atoms. The summed E-state index contributed by atoms with van der Waals surface area (Å²) in [6.45, 7) is 8.14. The summed E-state index contributed by atoms with van der Waals surface area (Å²) in [5.41, 5.74) is 2.49. The lowest BCUT2D eigenvalue weighted by atomic mass is 10.0. The third kappa shape index (κ3) is 2.68. The lowest BCUT2D eigenvalue weighted by Crippen LogP contribution is -2.45. The Morgan fingerprint density at radius 1 is 1.08 bits per heavy atom. The van der Waals surface area contributed by atoms with Gasteiger partial charge in [-0.3, -0.25) is 0 Å². The third-order valence-electron chi connectivity index (χ3n) is 4.43. The lowest BCUT2D eigenvalue weighted by Gasteiger charge is -2.36. The number of nitrogens with zero attached hydrogens (tertiary/aromatic N) is 3. The van der Waals surface area contributed by atoms with E-state index in [4.69, 9.17) is 4.74 Å². The number of aryl methyl sites for hydroxylation is 1. The fourth-order valence-electron chi connectivity index (χ4n) is 3.57. The van der Waals surface area contributed by atoms with E-state index in [1.54, 1.807) is 17.7 Å². The van der Waals surface area contributed by atoms with Gasteiger partial charge in [-0.2, -0.15) is 0 Å². The number of hydrogen-bond donors (Lipinski definition) is 0. The first kappa shape index (κ1) is 15.5. The van der Waals surface area contributed by atoms with E-state index in [1.165, 1.54) is 21.4 Å². The summed E-state index contributed by atoms with van der Waals surface area (Å²) in [5, 5.41) is 1.17. The van der Waals surface area contributed by atoms with Crippen molar-refractivity contribution >= 4 is 27.4 Å². The average Bonchev–Trinajstić information content (AvgIpc) is 2.90. The van der Waals surface area contributed by atoms with Crippen LogP contribution in [0.4, 0.5) is 5.82 Å². The Morgan fingerprint density at radius 3 is 2.50 bits per heavy atom. The molecule has 0 amide bonds. The molecule has 24 heavy (non-hydrogen) atoms. The average molecular weight is 339 g/mol. The first-order valence-electron chi connectivity index (χ1n) is 8.33. The van der Waals surface area contributed by atoms with Gasteiger partial charge >= 0.3 is 0 Å². The maximum Gasteiger partial charge on any atom is 0.141 e. The third-order valence-corrected chi connectivity index (χ3v) is 5.44. The molecule has 1 aliphatic rings. The van der Waals surface area contributed by atoms with Gasteiger partial charge in [0.25, 0.3) is 0 Å². The Bertz CT molecular complexity index is 852. The van der Waals surface area contributed by atoms with Gasteiger partial charge in [0.2, 0.25) is 0 Å². The first-order chi connectivity index (χ1) is 11.6. The highest BCUT2D eigenvalue weighted by molar-refractivity contribution is 7.19. The maximum absolute atomic E-state index is 5.89. The normalized spacial score (nSPS) is 21.4. The molecule has 0 N–H and O–H groups in total. The summed E-state index contributed by atoms with van der Waals surface area (Å²) in [6.07, 6.45) is 2.10. The van der Waals surface area contributed by atoms with Crippen LogP contribution in [0.5, 0.6) is 0 Å². The summed E-state index contributed by atoms with van der Waals surface area (Å²) >= 11 is 1.74. The van der Waals surface area contributed by atoms with Crippen molar-refractivity contribution in [3.63, 3.8) is 0 Å². The van der Waals surface area contributed by atoms with Crippen molar-refractivity contribution in [1.29, 1.82) is 0 Å². The van der Waals surface area contributed by atoms with Crippen molar-refractivity contribution in [2.24, 2.45) is 0 Å². The molecule has 124 valence electrons. The topological polar surface area (TPSA) is 38.2 Å².